The molecule has 0 spiro atoms. The summed E-state index contributed by atoms with van der Waals surface area (Å²) in [6, 6.07) is -1.20. The minimum Gasteiger partial charge on any atom is -0.461 e. The van der Waals surface area contributed by atoms with Gasteiger partial charge < -0.3 is 25.5 Å². The first-order chi connectivity index (χ1) is 9.93. The number of esters is 2. The summed E-state index contributed by atoms with van der Waals surface area (Å²) in [5, 5.41) is 2.88. The van der Waals surface area contributed by atoms with E-state index in [1.165, 1.54) is 6.92 Å². The number of imidazole rings is 1. The fourth-order valence-corrected chi connectivity index (χ4v) is 1.56. The van der Waals surface area contributed by atoms with Crippen LogP contribution in [-0.2, 0) is 25.5 Å². The number of carbonyl (C=O) groups excluding carboxylic acids is 2. The van der Waals surface area contributed by atoms with E-state index >= 15 is 0 Å². The molecule has 0 aliphatic rings. The standard InChI is InChI=1S/C13H22N4O4/c1-8(6-20-12(18)9(2)14)21-13(19)11(15-3)4-10-5-16-7-17-10/h5,7-9,11,15H,4,6,14H2,1-3H3,(H,16,17)/t8?,9-,11-/m0/s1. The molecule has 0 aliphatic carbocycles. The Balaban J connectivity index is 2.40. The number of hydrogen-bond acceptors (Lipinski definition) is 7. The van der Waals surface area contributed by atoms with Gasteiger partial charge in [0.1, 0.15) is 24.8 Å². The molecule has 118 valence electrons. The molecule has 1 unspecified atom stereocenters. The van der Waals surface area contributed by atoms with E-state index < -0.39 is 30.1 Å². The molecule has 8 heteroatoms. The molecule has 0 aromatic carbocycles. The molecular formula is C13H22N4O4. The summed E-state index contributed by atoms with van der Waals surface area (Å²) < 4.78 is 10.1. The molecule has 0 saturated carbocycles. The van der Waals surface area contributed by atoms with Crippen LogP contribution in [0, 0.1) is 0 Å². The largest absolute Gasteiger partial charge is 0.461 e. The van der Waals surface area contributed by atoms with Crippen molar-refractivity contribution in [2.75, 3.05) is 13.7 Å². The Bertz CT molecular complexity index is 447. The summed E-state index contributed by atoms with van der Waals surface area (Å²) in [7, 11) is 1.67. The maximum absolute atomic E-state index is 12.0. The van der Waals surface area contributed by atoms with Crippen molar-refractivity contribution in [3.63, 3.8) is 0 Å². The second kappa shape index (κ2) is 8.38. The first kappa shape index (κ1) is 17.1. The number of ether oxygens (including phenoxy) is 2. The molecule has 0 bridgehead atoms. The number of aromatic amines is 1. The summed E-state index contributed by atoms with van der Waals surface area (Å²) in [5.74, 6) is -0.947. The van der Waals surface area contributed by atoms with Crippen LogP contribution in [0.25, 0.3) is 0 Å². The quantitative estimate of drug-likeness (QED) is 0.546. The first-order valence-corrected chi connectivity index (χ1v) is 6.71. The molecule has 3 atom stereocenters. The van der Waals surface area contributed by atoms with Crippen LogP contribution in [0.15, 0.2) is 12.5 Å². The van der Waals surface area contributed by atoms with Gasteiger partial charge in [-0.05, 0) is 20.9 Å². The second-order valence-corrected chi connectivity index (χ2v) is 4.79. The van der Waals surface area contributed by atoms with Crippen LogP contribution in [0.2, 0.25) is 0 Å². The molecule has 1 aromatic rings. The van der Waals surface area contributed by atoms with Gasteiger partial charge in [0.25, 0.3) is 0 Å². The van der Waals surface area contributed by atoms with E-state index in [9.17, 15) is 9.59 Å². The maximum atomic E-state index is 12.0. The summed E-state index contributed by atoms with van der Waals surface area (Å²) >= 11 is 0. The van der Waals surface area contributed by atoms with Crippen LogP contribution in [-0.4, -0.2) is 53.7 Å². The Labute approximate surface area is 123 Å². The highest BCUT2D eigenvalue weighted by Crippen LogP contribution is 2.03. The van der Waals surface area contributed by atoms with E-state index in [1.54, 1.807) is 26.5 Å². The topological polar surface area (TPSA) is 119 Å². The summed E-state index contributed by atoms with van der Waals surface area (Å²) in [6.45, 7) is 3.16. The van der Waals surface area contributed by atoms with Gasteiger partial charge in [0.05, 0.1) is 6.33 Å². The number of nitrogens with zero attached hydrogens (tertiary/aromatic N) is 1. The van der Waals surface area contributed by atoms with Gasteiger partial charge in [-0.1, -0.05) is 0 Å². The number of nitrogens with two attached hydrogens (primary N) is 1. The average molecular weight is 298 g/mol. The second-order valence-electron chi connectivity index (χ2n) is 4.79. The van der Waals surface area contributed by atoms with Crippen molar-refractivity contribution >= 4 is 11.9 Å². The Kier molecular flexibility index (Phi) is 6.83. The van der Waals surface area contributed by atoms with E-state index in [4.69, 9.17) is 15.2 Å². The zero-order chi connectivity index (χ0) is 15.8. The molecule has 0 fully saturated rings. The number of H-pyrrole nitrogens is 1. The number of nitrogens with one attached hydrogen (secondary N) is 2. The van der Waals surface area contributed by atoms with E-state index in [0.717, 1.165) is 5.69 Å². The number of carbonyl (C=O) groups is 2. The lowest BCUT2D eigenvalue weighted by molar-refractivity contribution is -0.159. The van der Waals surface area contributed by atoms with Gasteiger partial charge in [0.15, 0.2) is 0 Å². The van der Waals surface area contributed by atoms with Crippen molar-refractivity contribution in [1.82, 2.24) is 15.3 Å². The molecule has 0 aliphatic heterocycles. The minimum absolute atomic E-state index is 0.0212. The van der Waals surface area contributed by atoms with E-state index in [1.807, 2.05) is 0 Å². The summed E-state index contributed by atoms with van der Waals surface area (Å²) in [4.78, 5) is 30.0. The third-order valence-electron chi connectivity index (χ3n) is 2.76. The fraction of sp³-hybridized carbons (Fsp3) is 0.615. The van der Waals surface area contributed by atoms with Gasteiger partial charge in [-0.2, -0.15) is 0 Å². The Morgan fingerprint density at radius 3 is 2.67 bits per heavy atom. The molecule has 1 rings (SSSR count). The maximum Gasteiger partial charge on any atom is 0.323 e. The van der Waals surface area contributed by atoms with E-state index in [0.29, 0.717) is 6.42 Å². The zero-order valence-corrected chi connectivity index (χ0v) is 12.5. The van der Waals surface area contributed by atoms with Crippen molar-refractivity contribution in [3.8, 4) is 0 Å². The van der Waals surface area contributed by atoms with Crippen LogP contribution in [0.1, 0.15) is 19.5 Å². The molecule has 0 saturated heterocycles. The van der Waals surface area contributed by atoms with Crippen LogP contribution in [0.4, 0.5) is 0 Å². The Hall–Kier alpha value is -1.93. The Morgan fingerprint density at radius 1 is 1.43 bits per heavy atom. The third kappa shape index (κ3) is 5.92. The van der Waals surface area contributed by atoms with Gasteiger partial charge in [0.2, 0.25) is 0 Å². The number of rotatable bonds is 8. The minimum atomic E-state index is -0.696. The van der Waals surface area contributed by atoms with E-state index in [-0.39, 0.29) is 6.61 Å². The monoisotopic (exact) mass is 298 g/mol. The average Bonchev–Trinajstić information content (AvgIpc) is 2.94. The van der Waals surface area contributed by atoms with Crippen LogP contribution < -0.4 is 11.1 Å². The molecule has 4 N–H and O–H groups in total. The number of likely N-dealkylation sites (N-methyl/N-ethyl adjacent to an activating group) is 1. The highest BCUT2D eigenvalue weighted by molar-refractivity contribution is 5.76. The van der Waals surface area contributed by atoms with Gasteiger partial charge in [-0.25, -0.2) is 4.98 Å². The van der Waals surface area contributed by atoms with Gasteiger partial charge >= 0.3 is 11.9 Å². The van der Waals surface area contributed by atoms with E-state index in [2.05, 4.69) is 15.3 Å². The SMILES string of the molecule is CN[C@@H](Cc1cnc[nH]1)C(=O)OC(C)COC(=O)[C@H](C)N. The highest BCUT2D eigenvalue weighted by atomic mass is 16.6. The zero-order valence-electron chi connectivity index (χ0n) is 12.5. The predicted molar refractivity (Wildman–Crippen MR) is 75.3 cm³/mol. The van der Waals surface area contributed by atoms with Gasteiger partial charge in [0, 0.05) is 18.3 Å². The molecule has 1 aromatic heterocycles. The lowest BCUT2D eigenvalue weighted by Crippen LogP contribution is -2.40. The highest BCUT2D eigenvalue weighted by Gasteiger charge is 2.22. The van der Waals surface area contributed by atoms with Crippen LogP contribution in [0.5, 0.6) is 0 Å². The van der Waals surface area contributed by atoms with Crippen LogP contribution >= 0.6 is 0 Å². The number of hydrogen-bond donors (Lipinski definition) is 3. The lowest BCUT2D eigenvalue weighted by Gasteiger charge is -2.19. The van der Waals surface area contributed by atoms with Gasteiger partial charge in [-0.15, -0.1) is 0 Å². The van der Waals surface area contributed by atoms with Crippen molar-refractivity contribution in [2.24, 2.45) is 5.73 Å². The molecular weight excluding hydrogens is 276 g/mol. The molecule has 0 radical (unpaired) electrons. The number of aromatic nitrogens is 2. The van der Waals surface area contributed by atoms with Gasteiger partial charge in [-0.3, -0.25) is 9.59 Å². The van der Waals surface area contributed by atoms with Crippen molar-refractivity contribution < 1.29 is 19.1 Å². The summed E-state index contributed by atoms with van der Waals surface area (Å²) in [6.07, 6.45) is 3.08. The smallest absolute Gasteiger partial charge is 0.323 e. The normalized spacial score (nSPS) is 15.0. The molecule has 8 nitrogen and oxygen atoms in total. The molecule has 1 heterocycles. The van der Waals surface area contributed by atoms with Crippen molar-refractivity contribution in [3.05, 3.63) is 18.2 Å². The summed E-state index contributed by atoms with van der Waals surface area (Å²) in [5.41, 5.74) is 6.19. The van der Waals surface area contributed by atoms with Crippen LogP contribution in [0.3, 0.4) is 0 Å². The fourth-order valence-electron chi connectivity index (χ4n) is 1.56. The third-order valence-corrected chi connectivity index (χ3v) is 2.76. The van der Waals surface area contributed by atoms with Crippen molar-refractivity contribution in [1.29, 1.82) is 0 Å². The van der Waals surface area contributed by atoms with Crippen molar-refractivity contribution in [2.45, 2.75) is 38.5 Å². The first-order valence-electron chi connectivity index (χ1n) is 6.71. The molecule has 0 amide bonds. The Morgan fingerprint density at radius 2 is 2.14 bits per heavy atom. The lowest BCUT2D eigenvalue weighted by atomic mass is 10.1. The molecule has 21 heavy (non-hydrogen) atoms. The predicted octanol–water partition coefficient (Wildman–Crippen LogP) is -0.638.